The Bertz CT molecular complexity index is 7090. The number of aromatic nitrogens is 23. The van der Waals surface area contributed by atoms with E-state index in [1.807, 2.05) is 162 Å². The maximum absolute atomic E-state index is 7.99. The molecule has 0 radical (unpaired) electrons. The molecule has 0 bridgehead atoms. The van der Waals surface area contributed by atoms with Gasteiger partial charge < -0.3 is 4.42 Å². The van der Waals surface area contributed by atoms with Gasteiger partial charge in [0.1, 0.15) is 55.5 Å². The summed E-state index contributed by atoms with van der Waals surface area (Å²) in [7, 11) is 2.11. The molecule has 490 valence electrons. The van der Waals surface area contributed by atoms with Gasteiger partial charge in [-0.25, -0.2) is 42.4 Å². The van der Waals surface area contributed by atoms with Gasteiger partial charge in [-0.3, -0.25) is 48.1 Å². The number of oxazole rings is 1. The van der Waals surface area contributed by atoms with E-state index in [0.29, 0.717) is 17.9 Å². The summed E-state index contributed by atoms with van der Waals surface area (Å²) in [5.41, 5.74) is 27.3. The highest BCUT2D eigenvalue weighted by Gasteiger charge is 2.40. The van der Waals surface area contributed by atoms with E-state index in [0.717, 1.165) is 110 Å². The highest BCUT2D eigenvalue weighted by molar-refractivity contribution is 7.21. The third-order valence-electron chi connectivity index (χ3n) is 20.4. The van der Waals surface area contributed by atoms with Crippen LogP contribution in [0, 0.1) is 0 Å². The van der Waals surface area contributed by atoms with Crippen molar-refractivity contribution in [3.05, 3.63) is 274 Å². The fourth-order valence-electron chi connectivity index (χ4n) is 16.1. The predicted molar refractivity (Wildman–Crippen MR) is 384 cm³/mol. The molecular formula is C78H56N23OS+5. The van der Waals surface area contributed by atoms with Gasteiger partial charge in [0.2, 0.25) is 22.1 Å². The fraction of sp³-hybridized carbons (Fsp3) is 0.0897. The number of nitrogens with zero attached hydrogens (tertiary/aromatic N) is 23. The second-order valence-corrected chi connectivity index (χ2v) is 26.9. The molecule has 0 atom stereocenters. The molecule has 21 aromatic rings. The van der Waals surface area contributed by atoms with Crippen LogP contribution in [0.1, 0.15) is 32.6 Å². The molecule has 25 heteroatoms. The fourth-order valence-corrected chi connectivity index (χ4v) is 17.3. The molecule has 0 amide bonds. The van der Waals surface area contributed by atoms with Crippen molar-refractivity contribution >= 4 is 93.6 Å². The molecule has 0 aliphatic carbocycles. The number of hydrogen-bond acceptors (Lipinski definition) is 12. The minimum atomic E-state index is -2.27. The molecule has 0 saturated carbocycles. The molecule has 5 aliphatic rings. The Kier molecular flexibility index (Phi) is 11.5. The first kappa shape index (κ1) is 54.1. The Balaban J connectivity index is 0.0000000830. The maximum atomic E-state index is 7.99. The Morgan fingerprint density at radius 3 is 1.48 bits per heavy atom. The van der Waals surface area contributed by atoms with Crippen LogP contribution in [0.2, 0.25) is 0 Å². The summed E-state index contributed by atoms with van der Waals surface area (Å²) in [6.45, 7) is 1.56. The normalized spacial score (nSPS) is 13.5. The molecule has 0 fully saturated rings. The van der Waals surface area contributed by atoms with E-state index >= 15 is 0 Å². The molecule has 0 spiro atoms. The third-order valence-corrected chi connectivity index (χ3v) is 21.6. The summed E-state index contributed by atoms with van der Waals surface area (Å²) < 4.78 is 58.9. The van der Waals surface area contributed by atoms with E-state index in [9.17, 15) is 0 Å². The molecule has 20 aromatic heterocycles. The van der Waals surface area contributed by atoms with E-state index in [1.54, 1.807) is 24.9 Å². The molecule has 0 N–H and O–H groups in total. The van der Waals surface area contributed by atoms with Crippen molar-refractivity contribution in [2.75, 3.05) is 0 Å². The van der Waals surface area contributed by atoms with Crippen molar-refractivity contribution in [3.63, 3.8) is 0 Å². The van der Waals surface area contributed by atoms with E-state index < -0.39 is 6.98 Å². The molecule has 0 saturated heterocycles. The smallest absolute Gasteiger partial charge is 0.333 e. The Hall–Kier alpha value is -13.8. The van der Waals surface area contributed by atoms with Gasteiger partial charge >= 0.3 is 11.3 Å². The number of pyridine rings is 5. The van der Waals surface area contributed by atoms with Gasteiger partial charge in [0.05, 0.1) is 153 Å². The SMILES string of the molecule is Cn1c2[n+](c3c1cn1cnccc31)Cc1ncccc1-2.[2H]C([2H])([2H])n1c2[n+](c3c1cn1cnccc31)Cc1ncccc1-2.c1ccc(-n2c3[n+](c4c2cn2cnccc42)Cc2ncccc2-3)cc1.c1cnc2c(c1)-c1oc3cc4cnccn4c3[n+]1C2.c1cnc2c(c1)-c1sc3cc4cnccn4c3[n+]1C2. The summed E-state index contributed by atoms with van der Waals surface area (Å²) in [4.78, 5) is 43.3. The number of thiazole rings is 1. The highest BCUT2D eigenvalue weighted by atomic mass is 32.1. The first-order valence-corrected chi connectivity index (χ1v) is 34.4. The lowest BCUT2D eigenvalue weighted by Crippen LogP contribution is -2.31. The number of hydrogen-bond donors (Lipinski definition) is 0. The standard InChI is InChI=1S/C20H14N5.2C15H12N5.C14H9N4O.C14H9N4S/c1-2-5-14(6-3-1)25-18-12-23-13-21-10-8-17(23)19(18)24-11-16-15(20(24)25)7-4-9-22-16;2*1-18-13-8-19-9-16-6-4-12(19)14(13)20-7-11-10(15(18)20)3-2-5-17-11;2*1-2-10-11(16-3-1)8-18-13-12(19-14(10)18)6-9-7-15-4-5-17(9)13/h1-10,12-13H,11H2;2*2-6,8-9H,7H2,1H3;2*1-7H,8H2/q5*+1/i;1D3;;;. The van der Waals surface area contributed by atoms with Crippen LogP contribution >= 0.6 is 11.3 Å². The van der Waals surface area contributed by atoms with E-state index in [4.69, 9.17) is 8.53 Å². The summed E-state index contributed by atoms with van der Waals surface area (Å²) in [6.07, 6.45) is 37.4. The average Bonchev–Trinajstić information content (AvgIpc) is 1.54. The van der Waals surface area contributed by atoms with Crippen LogP contribution in [-0.4, -0.2) is 85.5 Å². The largest absolute Gasteiger partial charge is 0.414 e. The van der Waals surface area contributed by atoms with E-state index in [-0.39, 0.29) is 0 Å². The van der Waals surface area contributed by atoms with Crippen molar-refractivity contribution in [1.82, 2.24) is 85.5 Å². The quantitative estimate of drug-likeness (QED) is 0.142. The van der Waals surface area contributed by atoms with Crippen molar-refractivity contribution < 1.29 is 31.4 Å². The molecule has 25 heterocycles. The van der Waals surface area contributed by atoms with Gasteiger partial charge in [-0.2, -0.15) is 17.9 Å². The zero-order chi connectivity index (χ0) is 70.2. The minimum Gasteiger partial charge on any atom is -0.414 e. The first-order valence-electron chi connectivity index (χ1n) is 35.1. The van der Waals surface area contributed by atoms with Crippen LogP contribution in [0.5, 0.6) is 0 Å². The third kappa shape index (κ3) is 8.35. The molecule has 5 aliphatic heterocycles. The second-order valence-electron chi connectivity index (χ2n) is 25.9. The van der Waals surface area contributed by atoms with Crippen molar-refractivity contribution in [3.8, 4) is 61.9 Å². The van der Waals surface area contributed by atoms with Crippen LogP contribution in [-0.2, 0) is 46.7 Å². The summed E-state index contributed by atoms with van der Waals surface area (Å²) >= 11 is 1.83. The second kappa shape index (κ2) is 21.8. The summed E-state index contributed by atoms with van der Waals surface area (Å²) in [5, 5.41) is 1.30. The van der Waals surface area contributed by atoms with Crippen LogP contribution in [0.25, 0.3) is 144 Å². The zero-order valence-corrected chi connectivity index (χ0v) is 55.5. The van der Waals surface area contributed by atoms with Gasteiger partial charge in [-0.15, -0.1) is 0 Å². The lowest BCUT2D eigenvalue weighted by Gasteiger charge is -2.00. The number of rotatable bonds is 1. The van der Waals surface area contributed by atoms with Gasteiger partial charge in [-0.05, 0) is 91.0 Å². The van der Waals surface area contributed by atoms with Gasteiger partial charge in [0.15, 0.2) is 32.6 Å². The number of imidazole rings is 3. The van der Waals surface area contributed by atoms with Gasteiger partial charge in [0.25, 0.3) is 23.4 Å². The predicted octanol–water partition coefficient (Wildman–Crippen LogP) is 10.1. The van der Waals surface area contributed by atoms with Crippen LogP contribution in [0.15, 0.2) is 250 Å². The van der Waals surface area contributed by atoms with Crippen molar-refractivity contribution in [1.29, 1.82) is 0 Å². The molecule has 26 rings (SSSR count). The van der Waals surface area contributed by atoms with Gasteiger partial charge in [-0.1, -0.05) is 29.5 Å². The average molecular weight is 1370 g/mol. The highest BCUT2D eigenvalue weighted by Crippen LogP contribution is 2.39. The van der Waals surface area contributed by atoms with Crippen LogP contribution in [0.3, 0.4) is 0 Å². The molecular weight excluding hydrogens is 1310 g/mol. The van der Waals surface area contributed by atoms with E-state index in [2.05, 4.69) is 181 Å². The topological polar surface area (TPSA) is 198 Å². The van der Waals surface area contributed by atoms with Crippen LogP contribution in [0.4, 0.5) is 0 Å². The van der Waals surface area contributed by atoms with E-state index in [1.165, 1.54) is 81.5 Å². The lowest BCUT2D eigenvalue weighted by atomic mass is 10.2. The van der Waals surface area contributed by atoms with Gasteiger partial charge in [0, 0.05) is 61.7 Å². The molecule has 0 unspecified atom stereocenters. The Morgan fingerprint density at radius 1 is 0.417 bits per heavy atom. The molecule has 1 aromatic carbocycles. The Morgan fingerprint density at radius 2 is 0.883 bits per heavy atom. The number of para-hydroxylation sites is 1. The minimum absolute atomic E-state index is 0.576. The van der Waals surface area contributed by atoms with Crippen molar-refractivity contribution in [2.45, 2.75) is 32.7 Å². The van der Waals surface area contributed by atoms with Crippen molar-refractivity contribution in [2.24, 2.45) is 14.0 Å². The monoisotopic (exact) mass is 1370 g/mol. The Labute approximate surface area is 590 Å². The van der Waals surface area contributed by atoms with Crippen LogP contribution < -0.4 is 22.8 Å². The maximum Gasteiger partial charge on any atom is 0.333 e. The number of benzene rings is 1. The molecule has 24 nitrogen and oxygen atoms in total. The summed E-state index contributed by atoms with van der Waals surface area (Å²) in [6, 6.07) is 41.0. The number of aryl methyl sites for hydroxylation is 2. The number of fused-ring (bicyclic) bond motifs is 35. The first-order chi connectivity index (χ1) is 52.1. The zero-order valence-electron chi connectivity index (χ0n) is 57.7. The lowest BCUT2D eigenvalue weighted by molar-refractivity contribution is -0.652. The summed E-state index contributed by atoms with van der Waals surface area (Å²) in [5.74, 6) is 4.01. The molecule has 103 heavy (non-hydrogen) atoms.